The van der Waals surface area contributed by atoms with Crippen LogP contribution in [0.4, 0.5) is 5.69 Å². The quantitative estimate of drug-likeness (QED) is 0.928. The largest absolute Gasteiger partial charge is 0.400 e. The summed E-state index contributed by atoms with van der Waals surface area (Å²) in [5.74, 6) is 0.497. The minimum absolute atomic E-state index is 0.369. The second-order valence-corrected chi connectivity index (χ2v) is 5.04. The first kappa shape index (κ1) is 19.9. The van der Waals surface area contributed by atoms with Crippen LogP contribution in [0.15, 0.2) is 18.3 Å². The van der Waals surface area contributed by atoms with E-state index < -0.39 is 0 Å². The van der Waals surface area contributed by atoms with Crippen molar-refractivity contribution in [1.82, 2.24) is 4.98 Å². The Balaban J connectivity index is 0.000000921. The number of piperidine rings is 1. The van der Waals surface area contributed by atoms with Crippen LogP contribution in [0.2, 0.25) is 0 Å². The summed E-state index contributed by atoms with van der Waals surface area (Å²) >= 11 is 0. The lowest BCUT2D eigenvalue weighted by atomic mass is 10.1. The minimum Gasteiger partial charge on any atom is -0.400 e. The van der Waals surface area contributed by atoms with Gasteiger partial charge in [0.2, 0.25) is 0 Å². The van der Waals surface area contributed by atoms with Crippen LogP contribution in [-0.2, 0) is 4.74 Å². The summed E-state index contributed by atoms with van der Waals surface area (Å²) in [7, 11) is 2.80. The predicted molar refractivity (Wildman–Crippen MR) is 90.1 cm³/mol. The molecule has 0 bridgehead atoms. The molecule has 21 heavy (non-hydrogen) atoms. The van der Waals surface area contributed by atoms with Crippen molar-refractivity contribution in [2.75, 3.05) is 32.2 Å². The molecule has 0 aromatic carbocycles. The molecule has 0 spiro atoms. The number of rotatable bonds is 3. The fraction of sp³-hybridized carbons (Fsp3) is 0.706. The monoisotopic (exact) mass is 296 g/mol. The summed E-state index contributed by atoms with van der Waals surface area (Å²) in [5.41, 5.74) is 2.38. The van der Waals surface area contributed by atoms with Crippen molar-refractivity contribution in [3.05, 3.63) is 24.0 Å². The Morgan fingerprint density at radius 2 is 1.95 bits per heavy atom. The van der Waals surface area contributed by atoms with Gasteiger partial charge >= 0.3 is 0 Å². The topological polar surface area (TPSA) is 45.6 Å². The third-order valence-corrected chi connectivity index (χ3v) is 3.44. The Morgan fingerprint density at radius 1 is 1.29 bits per heavy atom. The van der Waals surface area contributed by atoms with Crippen LogP contribution < -0.4 is 4.90 Å². The molecule has 4 nitrogen and oxygen atoms in total. The fourth-order valence-electron chi connectivity index (χ4n) is 2.29. The number of aliphatic hydroxyl groups is 1. The van der Waals surface area contributed by atoms with Gasteiger partial charge < -0.3 is 14.7 Å². The molecule has 2 rings (SSSR count). The number of anilines is 1. The molecule has 1 atom stereocenters. The zero-order chi connectivity index (χ0) is 16.3. The van der Waals surface area contributed by atoms with E-state index in [1.165, 1.54) is 18.5 Å². The Hall–Kier alpha value is -1.13. The summed E-state index contributed by atoms with van der Waals surface area (Å²) in [4.78, 5) is 6.89. The molecule has 0 aliphatic carbocycles. The number of hydrogen-bond donors (Lipinski definition) is 1. The van der Waals surface area contributed by atoms with Crippen molar-refractivity contribution < 1.29 is 9.84 Å². The van der Waals surface area contributed by atoms with Crippen LogP contribution in [0.5, 0.6) is 0 Å². The van der Waals surface area contributed by atoms with Gasteiger partial charge in [0.05, 0.1) is 18.0 Å². The van der Waals surface area contributed by atoms with Crippen molar-refractivity contribution in [2.45, 2.75) is 52.6 Å². The van der Waals surface area contributed by atoms with Crippen LogP contribution in [0.1, 0.15) is 52.1 Å². The number of nitrogens with zero attached hydrogens (tertiary/aromatic N) is 2. The lowest BCUT2D eigenvalue weighted by Gasteiger charge is -2.33. The molecule has 122 valence electrons. The third-order valence-electron chi connectivity index (χ3n) is 3.44. The zero-order valence-electron chi connectivity index (χ0n) is 14.5. The van der Waals surface area contributed by atoms with Gasteiger partial charge in [-0.25, -0.2) is 0 Å². The Bertz CT molecular complexity index is 352. The number of pyridine rings is 1. The van der Waals surface area contributed by atoms with Crippen LogP contribution in [0.3, 0.4) is 0 Å². The normalized spacial score (nSPS) is 17.5. The Morgan fingerprint density at radius 3 is 2.43 bits per heavy atom. The molecular weight excluding hydrogens is 264 g/mol. The van der Waals surface area contributed by atoms with Gasteiger partial charge in [-0.3, -0.25) is 4.98 Å². The highest BCUT2D eigenvalue weighted by atomic mass is 16.5. The summed E-state index contributed by atoms with van der Waals surface area (Å²) in [5, 5.41) is 7.00. The molecule has 0 radical (unpaired) electrons. The van der Waals surface area contributed by atoms with E-state index in [1.54, 1.807) is 7.11 Å². The molecule has 0 saturated carbocycles. The van der Waals surface area contributed by atoms with Crippen molar-refractivity contribution in [2.24, 2.45) is 0 Å². The molecule has 1 saturated heterocycles. The maximum atomic E-state index is 7.00. The summed E-state index contributed by atoms with van der Waals surface area (Å²) in [6, 6.07) is 4.32. The molecule has 1 fully saturated rings. The summed E-state index contributed by atoms with van der Waals surface area (Å²) in [6.45, 7) is 10.4. The van der Waals surface area contributed by atoms with Gasteiger partial charge in [0.25, 0.3) is 0 Å². The molecular formula is C17H32N2O2. The smallest absolute Gasteiger partial charge is 0.0746 e. The lowest BCUT2D eigenvalue weighted by Crippen LogP contribution is -2.39. The average Bonchev–Trinajstić information content (AvgIpc) is 2.58. The number of ether oxygens (including phenoxy) is 1. The molecule has 1 aliphatic rings. The van der Waals surface area contributed by atoms with E-state index in [1.807, 2.05) is 20.0 Å². The van der Waals surface area contributed by atoms with Gasteiger partial charge in [0.15, 0.2) is 0 Å². The van der Waals surface area contributed by atoms with E-state index in [9.17, 15) is 0 Å². The second kappa shape index (κ2) is 11.5. The van der Waals surface area contributed by atoms with Gasteiger partial charge in [-0.2, -0.15) is 0 Å². The van der Waals surface area contributed by atoms with E-state index in [-0.39, 0.29) is 0 Å². The molecule has 1 aliphatic heterocycles. The average molecular weight is 296 g/mol. The highest BCUT2D eigenvalue weighted by Crippen LogP contribution is 2.22. The van der Waals surface area contributed by atoms with Gasteiger partial charge in [-0.15, -0.1) is 0 Å². The first-order chi connectivity index (χ1) is 10.2. The van der Waals surface area contributed by atoms with E-state index in [4.69, 9.17) is 9.84 Å². The molecule has 1 aromatic rings. The van der Waals surface area contributed by atoms with Crippen molar-refractivity contribution in [3.63, 3.8) is 0 Å². The number of hydrogen-bond acceptors (Lipinski definition) is 4. The highest BCUT2D eigenvalue weighted by molar-refractivity contribution is 5.45. The van der Waals surface area contributed by atoms with Gasteiger partial charge in [0.1, 0.15) is 0 Å². The van der Waals surface area contributed by atoms with Crippen molar-refractivity contribution in [3.8, 4) is 0 Å². The Labute approximate surface area is 130 Å². The molecule has 1 N–H and O–H groups in total. The van der Waals surface area contributed by atoms with Crippen LogP contribution in [0.25, 0.3) is 0 Å². The van der Waals surface area contributed by atoms with Gasteiger partial charge in [-0.05, 0) is 30.9 Å². The van der Waals surface area contributed by atoms with E-state index in [0.29, 0.717) is 12.0 Å². The summed E-state index contributed by atoms with van der Waals surface area (Å²) in [6.07, 6.45) is 4.73. The van der Waals surface area contributed by atoms with Gasteiger partial charge in [0, 0.05) is 33.0 Å². The van der Waals surface area contributed by atoms with Crippen molar-refractivity contribution >= 4 is 5.69 Å². The van der Waals surface area contributed by atoms with Crippen LogP contribution in [-0.4, -0.2) is 43.5 Å². The zero-order valence-corrected chi connectivity index (χ0v) is 14.5. The van der Waals surface area contributed by atoms with E-state index in [2.05, 4.69) is 35.9 Å². The first-order valence-electron chi connectivity index (χ1n) is 7.89. The number of aromatic nitrogens is 1. The first-order valence-corrected chi connectivity index (χ1v) is 7.89. The molecule has 4 heteroatoms. The van der Waals surface area contributed by atoms with Crippen LogP contribution in [0, 0.1) is 0 Å². The second-order valence-electron chi connectivity index (χ2n) is 5.04. The number of aliphatic hydroxyl groups excluding tert-OH is 1. The molecule has 2 heterocycles. The fourth-order valence-corrected chi connectivity index (χ4v) is 2.29. The Kier molecular flexibility index (Phi) is 10.9. The SMILES string of the molecule is CC.CO.COC1CCCN(c2ccc(C(C)C)nc2)C1. The third kappa shape index (κ3) is 6.44. The van der Waals surface area contributed by atoms with E-state index in [0.717, 1.165) is 25.9 Å². The van der Waals surface area contributed by atoms with Crippen LogP contribution >= 0.6 is 0 Å². The van der Waals surface area contributed by atoms with Gasteiger partial charge in [-0.1, -0.05) is 27.7 Å². The molecule has 1 aromatic heterocycles. The number of methoxy groups -OCH3 is 1. The lowest BCUT2D eigenvalue weighted by molar-refractivity contribution is 0.0893. The van der Waals surface area contributed by atoms with E-state index >= 15 is 0 Å². The maximum absolute atomic E-state index is 7.00. The molecule has 0 amide bonds. The highest BCUT2D eigenvalue weighted by Gasteiger charge is 2.19. The van der Waals surface area contributed by atoms with Crippen molar-refractivity contribution in [1.29, 1.82) is 0 Å². The minimum atomic E-state index is 0.369. The standard InChI is InChI=1S/C14H22N2O.C2H6.CH4O/c1-11(2)14-7-6-12(9-15-14)16-8-4-5-13(10-16)17-3;2*1-2/h6-7,9,11,13H,4-5,8,10H2,1-3H3;1-2H3;2H,1H3. The molecule has 1 unspecified atom stereocenters. The predicted octanol–water partition coefficient (Wildman–Crippen LogP) is 3.45. The summed E-state index contributed by atoms with van der Waals surface area (Å²) < 4.78 is 5.44. The maximum Gasteiger partial charge on any atom is 0.0746 e.